The second-order valence-corrected chi connectivity index (χ2v) is 7.11. The van der Waals surface area contributed by atoms with Crippen LogP contribution in [0.5, 0.6) is 11.5 Å². The van der Waals surface area contributed by atoms with Gasteiger partial charge in [-0.05, 0) is 25.0 Å². The summed E-state index contributed by atoms with van der Waals surface area (Å²) >= 11 is 0. The molecule has 2 aliphatic rings. The van der Waals surface area contributed by atoms with Gasteiger partial charge in [0.2, 0.25) is 0 Å². The maximum atomic E-state index is 12.6. The van der Waals surface area contributed by atoms with Crippen LogP contribution < -0.4 is 9.47 Å². The van der Waals surface area contributed by atoms with Gasteiger partial charge in [-0.2, -0.15) is 5.10 Å². The summed E-state index contributed by atoms with van der Waals surface area (Å²) in [5.41, 5.74) is 2.76. The molecule has 0 spiro atoms. The van der Waals surface area contributed by atoms with Crippen molar-refractivity contribution >= 4 is 5.91 Å². The van der Waals surface area contributed by atoms with E-state index in [1.54, 1.807) is 14.2 Å². The van der Waals surface area contributed by atoms with Crippen molar-refractivity contribution < 1.29 is 14.3 Å². The van der Waals surface area contributed by atoms with Gasteiger partial charge in [-0.15, -0.1) is 0 Å². The van der Waals surface area contributed by atoms with Gasteiger partial charge in [-0.25, -0.2) is 0 Å². The number of methoxy groups -OCH3 is 2. The Morgan fingerprint density at radius 3 is 2.67 bits per heavy atom. The van der Waals surface area contributed by atoms with Gasteiger partial charge in [-0.1, -0.05) is 12.1 Å². The van der Waals surface area contributed by atoms with E-state index in [4.69, 9.17) is 9.47 Å². The van der Waals surface area contributed by atoms with Crippen molar-refractivity contribution in [1.29, 1.82) is 0 Å². The Bertz CT molecular complexity index is 827. The lowest BCUT2D eigenvalue weighted by atomic mass is 10.1. The molecular formula is C20H26N4O3. The molecule has 1 fully saturated rings. The van der Waals surface area contributed by atoms with E-state index in [1.165, 1.54) is 0 Å². The van der Waals surface area contributed by atoms with Crippen LogP contribution in [0.4, 0.5) is 0 Å². The zero-order chi connectivity index (χ0) is 18.8. The highest BCUT2D eigenvalue weighted by Crippen LogP contribution is 2.32. The van der Waals surface area contributed by atoms with Crippen LogP contribution >= 0.6 is 0 Å². The molecule has 7 nitrogen and oxygen atoms in total. The molecule has 0 unspecified atom stereocenters. The molecular weight excluding hydrogens is 344 g/mol. The van der Waals surface area contributed by atoms with Gasteiger partial charge in [0.1, 0.15) is 0 Å². The molecule has 2 aromatic rings. The number of rotatable bonds is 5. The number of ether oxygens (including phenoxy) is 2. The van der Waals surface area contributed by atoms with E-state index >= 15 is 0 Å². The molecule has 2 aliphatic heterocycles. The normalized spacial score (nSPS) is 17.0. The number of benzene rings is 1. The number of aromatic nitrogens is 2. The average Bonchev–Trinajstić information content (AvgIpc) is 3.36. The molecule has 0 radical (unpaired) electrons. The van der Waals surface area contributed by atoms with Crippen LogP contribution in [-0.2, 0) is 19.6 Å². The Morgan fingerprint density at radius 1 is 1.11 bits per heavy atom. The Labute approximate surface area is 159 Å². The largest absolute Gasteiger partial charge is 0.493 e. The number of amides is 1. The van der Waals surface area contributed by atoms with Crippen molar-refractivity contribution in [3.05, 3.63) is 41.2 Å². The molecule has 4 rings (SSSR count). The minimum absolute atomic E-state index is 0.0652. The van der Waals surface area contributed by atoms with Gasteiger partial charge < -0.3 is 14.4 Å². The number of hydrogen-bond acceptors (Lipinski definition) is 5. The molecule has 0 aliphatic carbocycles. The Balaban J connectivity index is 1.48. The Morgan fingerprint density at radius 2 is 1.93 bits per heavy atom. The van der Waals surface area contributed by atoms with Crippen LogP contribution in [0.1, 0.15) is 34.6 Å². The van der Waals surface area contributed by atoms with Crippen LogP contribution in [0, 0.1) is 0 Å². The molecule has 3 heterocycles. The summed E-state index contributed by atoms with van der Waals surface area (Å²) in [6.07, 6.45) is 2.19. The highest BCUT2D eigenvalue weighted by atomic mass is 16.5. The monoisotopic (exact) mass is 370 g/mol. The van der Waals surface area contributed by atoms with Crippen LogP contribution in [0.25, 0.3) is 0 Å². The lowest BCUT2D eigenvalue weighted by Gasteiger charge is -2.28. The molecule has 0 atom stereocenters. The molecule has 1 aromatic heterocycles. The summed E-state index contributed by atoms with van der Waals surface area (Å²) in [5.74, 6) is 1.59. The summed E-state index contributed by atoms with van der Waals surface area (Å²) in [7, 11) is 3.32. The fraction of sp³-hybridized carbons (Fsp3) is 0.500. The standard InChI is InChI=1S/C20H26N4O3/c1-26-18-7-5-6-15(19(18)27-2)13-22-10-11-24-16(14-22)12-17(21-24)20(25)23-8-3-4-9-23/h5-7,12H,3-4,8-11,13-14H2,1-2H3. The molecule has 1 amide bonds. The maximum absolute atomic E-state index is 12.6. The molecule has 7 heteroatoms. The number of hydrogen-bond donors (Lipinski definition) is 0. The number of fused-ring (bicyclic) bond motifs is 1. The van der Waals surface area contributed by atoms with Gasteiger partial charge in [-0.3, -0.25) is 14.4 Å². The smallest absolute Gasteiger partial charge is 0.274 e. The van der Waals surface area contributed by atoms with Crippen molar-refractivity contribution in [3.63, 3.8) is 0 Å². The van der Waals surface area contributed by atoms with Crippen molar-refractivity contribution in [2.24, 2.45) is 0 Å². The highest BCUT2D eigenvalue weighted by molar-refractivity contribution is 5.92. The van der Waals surface area contributed by atoms with E-state index in [9.17, 15) is 4.79 Å². The third-order valence-corrected chi connectivity index (χ3v) is 5.37. The predicted octanol–water partition coefficient (Wildman–Crippen LogP) is 2.15. The summed E-state index contributed by atoms with van der Waals surface area (Å²) in [5, 5.41) is 4.55. The predicted molar refractivity (Wildman–Crippen MR) is 101 cm³/mol. The first-order chi connectivity index (χ1) is 13.2. The van der Waals surface area contributed by atoms with Crippen LogP contribution in [0.2, 0.25) is 0 Å². The van der Waals surface area contributed by atoms with Gasteiger partial charge in [0, 0.05) is 38.3 Å². The molecule has 0 bridgehead atoms. The fourth-order valence-corrected chi connectivity index (χ4v) is 3.96. The third kappa shape index (κ3) is 3.51. The highest BCUT2D eigenvalue weighted by Gasteiger charge is 2.26. The maximum Gasteiger partial charge on any atom is 0.274 e. The van der Waals surface area contributed by atoms with Crippen LogP contribution in [0.15, 0.2) is 24.3 Å². The first kappa shape index (κ1) is 17.9. The first-order valence-electron chi connectivity index (χ1n) is 9.48. The number of nitrogens with zero attached hydrogens (tertiary/aromatic N) is 4. The average molecular weight is 370 g/mol. The van der Waals surface area contributed by atoms with Gasteiger partial charge >= 0.3 is 0 Å². The summed E-state index contributed by atoms with van der Waals surface area (Å²) in [6.45, 7) is 4.90. The molecule has 0 saturated carbocycles. The summed E-state index contributed by atoms with van der Waals surface area (Å²) in [4.78, 5) is 16.9. The topological polar surface area (TPSA) is 59.8 Å². The molecule has 1 saturated heterocycles. The first-order valence-corrected chi connectivity index (χ1v) is 9.48. The zero-order valence-corrected chi connectivity index (χ0v) is 16.0. The van der Waals surface area contributed by atoms with Crippen molar-refractivity contribution in [2.75, 3.05) is 33.9 Å². The van der Waals surface area contributed by atoms with Crippen LogP contribution in [0.3, 0.4) is 0 Å². The van der Waals surface area contributed by atoms with Gasteiger partial charge in [0.05, 0.1) is 26.5 Å². The second kappa shape index (κ2) is 7.60. The number of likely N-dealkylation sites (tertiary alicyclic amines) is 1. The second-order valence-electron chi connectivity index (χ2n) is 7.11. The number of para-hydroxylation sites is 1. The van der Waals surface area contributed by atoms with E-state index in [1.807, 2.05) is 27.8 Å². The zero-order valence-electron chi connectivity index (χ0n) is 16.0. The van der Waals surface area contributed by atoms with E-state index in [2.05, 4.69) is 16.1 Å². The van der Waals surface area contributed by atoms with Crippen LogP contribution in [-0.4, -0.2) is 59.3 Å². The minimum atomic E-state index is 0.0652. The summed E-state index contributed by atoms with van der Waals surface area (Å²) < 4.78 is 12.9. The third-order valence-electron chi connectivity index (χ3n) is 5.37. The SMILES string of the molecule is COc1cccc(CN2CCn3nc(C(=O)N4CCCC4)cc3C2)c1OC. The van der Waals surface area contributed by atoms with E-state index in [-0.39, 0.29) is 5.91 Å². The molecule has 0 N–H and O–H groups in total. The molecule has 144 valence electrons. The van der Waals surface area contributed by atoms with Crippen molar-refractivity contribution in [1.82, 2.24) is 19.6 Å². The van der Waals surface area contributed by atoms with Crippen molar-refractivity contribution in [3.8, 4) is 11.5 Å². The number of carbonyl (C=O) groups is 1. The van der Waals surface area contributed by atoms with Gasteiger partial charge in [0.25, 0.3) is 5.91 Å². The van der Waals surface area contributed by atoms with E-state index in [0.29, 0.717) is 5.69 Å². The summed E-state index contributed by atoms with van der Waals surface area (Å²) in [6, 6.07) is 7.91. The molecule has 27 heavy (non-hydrogen) atoms. The van der Waals surface area contributed by atoms with E-state index < -0.39 is 0 Å². The fourth-order valence-electron chi connectivity index (χ4n) is 3.96. The Hall–Kier alpha value is -2.54. The van der Waals surface area contributed by atoms with E-state index in [0.717, 1.165) is 74.9 Å². The quantitative estimate of drug-likeness (QED) is 0.807. The minimum Gasteiger partial charge on any atom is -0.493 e. The lowest BCUT2D eigenvalue weighted by molar-refractivity contribution is 0.0786. The Kier molecular flexibility index (Phi) is 5.03. The lowest BCUT2D eigenvalue weighted by Crippen LogP contribution is -2.33. The number of carbonyl (C=O) groups excluding carboxylic acids is 1. The molecule has 1 aromatic carbocycles. The van der Waals surface area contributed by atoms with Gasteiger partial charge in [0.15, 0.2) is 17.2 Å². The van der Waals surface area contributed by atoms with Crippen molar-refractivity contribution in [2.45, 2.75) is 32.5 Å².